The SMILES string of the molecule is C[C@@H](Oc1ccc2[nH]nc(-c3ccc(N4CC(C)(NCP(C)(C)=O)C4)nc3)c2c1)c1c(Cl)cncc1Cl. The van der Waals surface area contributed by atoms with Gasteiger partial charge in [-0.2, -0.15) is 5.10 Å². The van der Waals surface area contributed by atoms with Crippen molar-refractivity contribution in [3.63, 3.8) is 0 Å². The minimum atomic E-state index is -2.10. The molecule has 1 saturated heterocycles. The number of hydrogen-bond acceptors (Lipinski definition) is 7. The van der Waals surface area contributed by atoms with E-state index in [1.807, 2.05) is 43.5 Å². The van der Waals surface area contributed by atoms with E-state index in [2.05, 4.69) is 32.3 Å². The van der Waals surface area contributed by atoms with E-state index in [-0.39, 0.29) is 11.6 Å². The van der Waals surface area contributed by atoms with Crippen molar-refractivity contribution in [3.8, 4) is 17.0 Å². The summed E-state index contributed by atoms with van der Waals surface area (Å²) in [6.45, 7) is 9.29. The van der Waals surface area contributed by atoms with Gasteiger partial charge >= 0.3 is 0 Å². The monoisotopic (exact) mass is 558 g/mol. The van der Waals surface area contributed by atoms with Gasteiger partial charge in [-0.15, -0.1) is 0 Å². The fourth-order valence-corrected chi connectivity index (χ4v) is 5.96. The summed E-state index contributed by atoms with van der Waals surface area (Å²) in [4.78, 5) is 10.9. The van der Waals surface area contributed by atoms with Crippen molar-refractivity contribution in [1.29, 1.82) is 0 Å². The lowest BCUT2D eigenvalue weighted by atomic mass is 9.92. The molecule has 4 heterocycles. The third kappa shape index (κ3) is 5.63. The molecule has 0 aliphatic carbocycles. The number of aromatic nitrogens is 4. The number of benzene rings is 1. The van der Waals surface area contributed by atoms with Gasteiger partial charge in [-0.1, -0.05) is 23.2 Å². The lowest BCUT2D eigenvalue weighted by Gasteiger charge is -2.49. The number of pyridine rings is 2. The highest BCUT2D eigenvalue weighted by atomic mass is 35.5. The molecule has 194 valence electrons. The Morgan fingerprint density at radius 3 is 2.54 bits per heavy atom. The van der Waals surface area contributed by atoms with Crippen molar-refractivity contribution in [1.82, 2.24) is 25.5 Å². The van der Waals surface area contributed by atoms with Gasteiger partial charge in [0, 0.05) is 54.5 Å². The Morgan fingerprint density at radius 2 is 1.89 bits per heavy atom. The zero-order chi connectivity index (χ0) is 26.4. The van der Waals surface area contributed by atoms with Gasteiger partial charge in [0.15, 0.2) is 0 Å². The Balaban J connectivity index is 1.31. The van der Waals surface area contributed by atoms with Gasteiger partial charge in [0.1, 0.15) is 23.4 Å². The Morgan fingerprint density at radius 1 is 1.16 bits per heavy atom. The lowest BCUT2D eigenvalue weighted by Crippen LogP contribution is -2.67. The minimum Gasteiger partial charge on any atom is -0.486 e. The first-order valence-corrected chi connectivity index (χ1v) is 15.5. The molecular formula is C26H29Cl2N6O2P. The second-order valence-electron chi connectivity index (χ2n) is 10.3. The molecule has 1 aliphatic heterocycles. The number of hydrogen-bond donors (Lipinski definition) is 2. The van der Waals surface area contributed by atoms with Crippen molar-refractivity contribution < 1.29 is 9.30 Å². The maximum atomic E-state index is 12.0. The van der Waals surface area contributed by atoms with Crippen molar-refractivity contribution in [2.24, 2.45) is 0 Å². The molecular weight excluding hydrogens is 530 g/mol. The van der Waals surface area contributed by atoms with Crippen molar-refractivity contribution in [3.05, 3.63) is 64.5 Å². The van der Waals surface area contributed by atoms with E-state index in [1.165, 1.54) is 0 Å². The number of ether oxygens (including phenoxy) is 1. The second kappa shape index (κ2) is 9.91. The summed E-state index contributed by atoms with van der Waals surface area (Å²) in [6, 6.07) is 9.81. The summed E-state index contributed by atoms with van der Waals surface area (Å²) >= 11 is 12.6. The molecule has 5 rings (SSSR count). The van der Waals surface area contributed by atoms with Gasteiger partial charge < -0.3 is 19.5 Å². The van der Waals surface area contributed by atoms with Gasteiger partial charge in [0.2, 0.25) is 0 Å². The van der Waals surface area contributed by atoms with E-state index in [0.717, 1.165) is 41.1 Å². The van der Waals surface area contributed by atoms with Gasteiger partial charge in [0.25, 0.3) is 0 Å². The molecule has 2 N–H and O–H groups in total. The van der Waals surface area contributed by atoms with Crippen LogP contribution in [0, 0.1) is 0 Å². The van der Waals surface area contributed by atoms with Crippen LogP contribution in [0.15, 0.2) is 48.9 Å². The number of fused-ring (bicyclic) bond motifs is 1. The van der Waals surface area contributed by atoms with E-state index >= 15 is 0 Å². The summed E-state index contributed by atoms with van der Waals surface area (Å²) in [5, 5.41) is 12.9. The van der Waals surface area contributed by atoms with E-state index in [4.69, 9.17) is 32.9 Å². The highest BCUT2D eigenvalue weighted by Crippen LogP contribution is 2.37. The summed E-state index contributed by atoms with van der Waals surface area (Å²) < 4.78 is 18.2. The van der Waals surface area contributed by atoms with Crippen LogP contribution in [0.3, 0.4) is 0 Å². The van der Waals surface area contributed by atoms with Crippen LogP contribution in [-0.2, 0) is 4.57 Å². The van der Waals surface area contributed by atoms with E-state index in [9.17, 15) is 4.57 Å². The van der Waals surface area contributed by atoms with Crippen LogP contribution < -0.4 is 15.0 Å². The number of aromatic amines is 1. The highest BCUT2D eigenvalue weighted by molar-refractivity contribution is 7.62. The maximum Gasteiger partial charge on any atom is 0.128 e. The van der Waals surface area contributed by atoms with Crippen molar-refractivity contribution in [2.75, 3.05) is 37.6 Å². The molecule has 37 heavy (non-hydrogen) atoms. The molecule has 0 amide bonds. The topological polar surface area (TPSA) is 96.0 Å². The van der Waals surface area contributed by atoms with Crippen LogP contribution >= 0.6 is 30.3 Å². The minimum absolute atomic E-state index is 0.0569. The standard InChI is InChI=1S/C26H29Cl2N6O2P/c1-16(24-20(27)11-29-12-21(24)28)36-18-6-7-22-19(9-18)25(33-32-22)17-5-8-23(30-10-17)34-13-26(2,14-34)31-15-37(3,4)35/h5-12,16,31H,13-15H2,1-4H3,(H,32,33)/t16-/m1/s1. The molecule has 1 atom stereocenters. The number of H-pyrrole nitrogens is 1. The molecule has 0 bridgehead atoms. The van der Waals surface area contributed by atoms with Crippen LogP contribution in [0.4, 0.5) is 5.82 Å². The fourth-order valence-electron chi connectivity index (χ4n) is 4.52. The Bertz CT molecular complexity index is 1460. The maximum absolute atomic E-state index is 12.0. The summed E-state index contributed by atoms with van der Waals surface area (Å²) in [5.41, 5.74) is 3.23. The van der Waals surface area contributed by atoms with E-state index in [0.29, 0.717) is 27.6 Å². The normalized spacial score (nSPS) is 16.0. The third-order valence-electron chi connectivity index (χ3n) is 6.46. The number of nitrogens with zero attached hydrogens (tertiary/aromatic N) is 4. The fraction of sp³-hybridized carbons (Fsp3) is 0.346. The summed E-state index contributed by atoms with van der Waals surface area (Å²) in [7, 11) is -2.10. The molecule has 8 nitrogen and oxygen atoms in total. The predicted octanol–water partition coefficient (Wildman–Crippen LogP) is 6.22. The smallest absolute Gasteiger partial charge is 0.128 e. The first kappa shape index (κ1) is 26.0. The molecule has 0 radical (unpaired) electrons. The van der Waals surface area contributed by atoms with Crippen LogP contribution in [-0.4, -0.2) is 58.4 Å². The molecule has 1 aromatic carbocycles. The zero-order valence-electron chi connectivity index (χ0n) is 21.1. The molecule has 0 unspecified atom stereocenters. The van der Waals surface area contributed by atoms with E-state index < -0.39 is 7.14 Å². The third-order valence-corrected chi connectivity index (χ3v) is 7.98. The van der Waals surface area contributed by atoms with Crippen LogP contribution in [0.1, 0.15) is 25.5 Å². The molecule has 1 fully saturated rings. The summed E-state index contributed by atoms with van der Waals surface area (Å²) in [5.74, 6) is 1.58. The van der Waals surface area contributed by atoms with Crippen LogP contribution in [0.25, 0.3) is 22.2 Å². The number of anilines is 1. The number of nitrogens with one attached hydrogen (secondary N) is 2. The Labute approximate surface area is 226 Å². The van der Waals surface area contributed by atoms with Crippen molar-refractivity contribution >= 4 is 47.1 Å². The van der Waals surface area contributed by atoms with Crippen molar-refractivity contribution in [2.45, 2.75) is 25.5 Å². The largest absolute Gasteiger partial charge is 0.486 e. The number of rotatable bonds is 8. The molecule has 1 aliphatic rings. The first-order chi connectivity index (χ1) is 17.5. The first-order valence-electron chi connectivity index (χ1n) is 12.0. The Hall–Kier alpha value is -2.64. The molecule has 11 heteroatoms. The van der Waals surface area contributed by atoms with E-state index in [1.54, 1.807) is 25.7 Å². The van der Waals surface area contributed by atoms with Gasteiger partial charge in [-0.3, -0.25) is 10.1 Å². The lowest BCUT2D eigenvalue weighted by molar-refractivity contribution is 0.227. The molecule has 0 saturated carbocycles. The van der Waals surface area contributed by atoms with Gasteiger partial charge in [0.05, 0.1) is 28.2 Å². The summed E-state index contributed by atoms with van der Waals surface area (Å²) in [6.07, 6.45) is 5.14. The average Bonchev–Trinajstić information content (AvgIpc) is 3.24. The quantitative estimate of drug-likeness (QED) is 0.248. The van der Waals surface area contributed by atoms with Gasteiger partial charge in [-0.05, 0) is 57.5 Å². The molecule has 0 spiro atoms. The Kier molecular flexibility index (Phi) is 6.96. The molecule has 4 aromatic rings. The highest BCUT2D eigenvalue weighted by Gasteiger charge is 2.39. The zero-order valence-corrected chi connectivity index (χ0v) is 23.5. The predicted molar refractivity (Wildman–Crippen MR) is 151 cm³/mol. The number of halogens is 2. The second-order valence-corrected chi connectivity index (χ2v) is 14.6. The van der Waals surface area contributed by atoms with Crippen LogP contribution in [0.5, 0.6) is 5.75 Å². The molecule has 3 aromatic heterocycles. The van der Waals surface area contributed by atoms with Crippen LogP contribution in [0.2, 0.25) is 10.0 Å². The van der Waals surface area contributed by atoms with Gasteiger partial charge in [-0.25, -0.2) is 4.98 Å². The average molecular weight is 559 g/mol.